The Hall–Kier alpha value is -2.11. The Morgan fingerprint density at radius 1 is 1.19 bits per heavy atom. The number of nitrogens with one attached hydrogen (secondary N) is 1. The second kappa shape index (κ2) is 7.06. The van der Waals surface area contributed by atoms with Crippen molar-refractivity contribution in [3.63, 3.8) is 0 Å². The summed E-state index contributed by atoms with van der Waals surface area (Å²) in [6.07, 6.45) is 5.49. The Labute approximate surface area is 124 Å². The lowest BCUT2D eigenvalue weighted by atomic mass is 10.1. The van der Waals surface area contributed by atoms with Crippen molar-refractivity contribution in [2.24, 2.45) is 0 Å². The molecule has 0 aliphatic carbocycles. The van der Waals surface area contributed by atoms with Gasteiger partial charge < -0.3 is 10.2 Å². The zero-order valence-corrected chi connectivity index (χ0v) is 12.3. The van der Waals surface area contributed by atoms with Gasteiger partial charge in [-0.2, -0.15) is 0 Å². The van der Waals surface area contributed by atoms with E-state index in [4.69, 9.17) is 0 Å². The fourth-order valence-electron chi connectivity index (χ4n) is 2.66. The topological polar surface area (TPSA) is 75.5 Å². The van der Waals surface area contributed by atoms with Gasteiger partial charge in [0.15, 0.2) is 0 Å². The van der Waals surface area contributed by atoms with E-state index < -0.39 is 4.92 Å². The molecule has 114 valence electrons. The van der Waals surface area contributed by atoms with Crippen LogP contribution >= 0.6 is 0 Å². The third-order valence-corrected chi connectivity index (χ3v) is 3.86. The van der Waals surface area contributed by atoms with Crippen molar-refractivity contribution in [2.45, 2.75) is 32.1 Å². The molecule has 1 aromatic carbocycles. The number of anilines is 1. The first-order valence-corrected chi connectivity index (χ1v) is 7.39. The molecule has 1 saturated heterocycles. The van der Waals surface area contributed by atoms with Crippen LogP contribution in [0.15, 0.2) is 18.2 Å². The van der Waals surface area contributed by atoms with Gasteiger partial charge in [0.25, 0.3) is 11.6 Å². The molecule has 0 aromatic heterocycles. The van der Waals surface area contributed by atoms with Gasteiger partial charge >= 0.3 is 0 Å². The van der Waals surface area contributed by atoms with E-state index in [1.54, 1.807) is 13.1 Å². The number of hydrogen-bond donors (Lipinski definition) is 1. The van der Waals surface area contributed by atoms with Crippen LogP contribution in [-0.2, 0) is 0 Å². The molecule has 6 heteroatoms. The SMILES string of the molecule is CNc1ccc([N+](=O)[O-])cc1C(=O)N1CCCCCCC1. The number of likely N-dealkylation sites (tertiary alicyclic amines) is 1. The van der Waals surface area contributed by atoms with E-state index in [0.29, 0.717) is 11.3 Å². The summed E-state index contributed by atoms with van der Waals surface area (Å²) < 4.78 is 0. The van der Waals surface area contributed by atoms with Crippen molar-refractivity contribution >= 4 is 17.3 Å². The van der Waals surface area contributed by atoms with Crippen LogP contribution in [0, 0.1) is 10.1 Å². The summed E-state index contributed by atoms with van der Waals surface area (Å²) in [5, 5.41) is 13.9. The normalized spacial score (nSPS) is 16.0. The number of amides is 1. The van der Waals surface area contributed by atoms with Gasteiger partial charge in [0.2, 0.25) is 0 Å². The molecule has 0 bridgehead atoms. The highest BCUT2D eigenvalue weighted by atomic mass is 16.6. The van der Waals surface area contributed by atoms with Crippen molar-refractivity contribution < 1.29 is 9.72 Å². The minimum Gasteiger partial charge on any atom is -0.387 e. The molecule has 1 fully saturated rings. The zero-order valence-electron chi connectivity index (χ0n) is 12.3. The molecule has 0 saturated carbocycles. The van der Waals surface area contributed by atoms with Crippen LogP contribution in [0.25, 0.3) is 0 Å². The van der Waals surface area contributed by atoms with Crippen LogP contribution < -0.4 is 5.32 Å². The van der Waals surface area contributed by atoms with Crippen molar-refractivity contribution in [1.29, 1.82) is 0 Å². The monoisotopic (exact) mass is 291 g/mol. The van der Waals surface area contributed by atoms with Crippen LogP contribution in [0.4, 0.5) is 11.4 Å². The average molecular weight is 291 g/mol. The van der Waals surface area contributed by atoms with Crippen molar-refractivity contribution in [1.82, 2.24) is 4.90 Å². The number of nitro groups is 1. The van der Waals surface area contributed by atoms with Gasteiger partial charge in [-0.05, 0) is 18.9 Å². The zero-order chi connectivity index (χ0) is 15.2. The van der Waals surface area contributed by atoms with E-state index in [2.05, 4.69) is 5.32 Å². The maximum Gasteiger partial charge on any atom is 0.270 e. The molecule has 1 heterocycles. The third kappa shape index (κ3) is 3.71. The van der Waals surface area contributed by atoms with E-state index in [0.717, 1.165) is 38.8 Å². The van der Waals surface area contributed by atoms with E-state index in [-0.39, 0.29) is 11.6 Å². The highest BCUT2D eigenvalue weighted by Crippen LogP contribution is 2.24. The van der Waals surface area contributed by atoms with Gasteiger partial charge in [-0.15, -0.1) is 0 Å². The first-order chi connectivity index (χ1) is 10.1. The Bertz CT molecular complexity index is 523. The molecule has 1 aromatic rings. The van der Waals surface area contributed by atoms with Crippen molar-refractivity contribution in [2.75, 3.05) is 25.5 Å². The summed E-state index contributed by atoms with van der Waals surface area (Å²) >= 11 is 0. The quantitative estimate of drug-likeness (QED) is 0.686. The minimum atomic E-state index is -0.469. The fourth-order valence-corrected chi connectivity index (χ4v) is 2.66. The van der Waals surface area contributed by atoms with Gasteiger partial charge in [0, 0.05) is 38.0 Å². The molecule has 6 nitrogen and oxygen atoms in total. The number of rotatable bonds is 3. The lowest BCUT2D eigenvalue weighted by Crippen LogP contribution is -2.34. The van der Waals surface area contributed by atoms with Crippen LogP contribution in [0.5, 0.6) is 0 Å². The van der Waals surface area contributed by atoms with Crippen LogP contribution in [0.1, 0.15) is 42.5 Å². The molecular weight excluding hydrogens is 270 g/mol. The Kier molecular flexibility index (Phi) is 5.14. The van der Waals surface area contributed by atoms with E-state index in [9.17, 15) is 14.9 Å². The number of benzene rings is 1. The summed E-state index contributed by atoms with van der Waals surface area (Å²) in [6.45, 7) is 1.45. The van der Waals surface area contributed by atoms with Gasteiger partial charge in [-0.25, -0.2) is 0 Å². The largest absolute Gasteiger partial charge is 0.387 e. The second-order valence-corrected chi connectivity index (χ2v) is 5.30. The highest BCUT2D eigenvalue weighted by molar-refractivity contribution is 6.00. The lowest BCUT2D eigenvalue weighted by Gasteiger charge is -2.25. The fraction of sp³-hybridized carbons (Fsp3) is 0.533. The van der Waals surface area contributed by atoms with Crippen LogP contribution in [0.2, 0.25) is 0 Å². The molecule has 1 aliphatic heterocycles. The first kappa shape index (κ1) is 15.3. The smallest absolute Gasteiger partial charge is 0.270 e. The van der Waals surface area contributed by atoms with Crippen LogP contribution in [-0.4, -0.2) is 35.9 Å². The molecule has 0 unspecified atom stereocenters. The molecule has 1 N–H and O–H groups in total. The molecule has 0 atom stereocenters. The summed E-state index contributed by atoms with van der Waals surface area (Å²) in [7, 11) is 1.71. The standard InChI is InChI=1S/C15H21N3O3/c1-16-14-8-7-12(18(20)21)11-13(14)15(19)17-9-5-3-2-4-6-10-17/h7-8,11,16H,2-6,9-10H2,1H3. The molecule has 2 rings (SSSR count). The summed E-state index contributed by atoms with van der Waals surface area (Å²) in [5.41, 5.74) is 0.962. The van der Waals surface area contributed by atoms with Gasteiger partial charge in [0.05, 0.1) is 10.5 Å². The van der Waals surface area contributed by atoms with Gasteiger partial charge in [-0.1, -0.05) is 19.3 Å². The first-order valence-electron chi connectivity index (χ1n) is 7.39. The van der Waals surface area contributed by atoms with E-state index in [1.165, 1.54) is 18.6 Å². The second-order valence-electron chi connectivity index (χ2n) is 5.30. The van der Waals surface area contributed by atoms with Crippen molar-refractivity contribution in [3.8, 4) is 0 Å². The molecule has 1 amide bonds. The Morgan fingerprint density at radius 2 is 1.81 bits per heavy atom. The molecule has 21 heavy (non-hydrogen) atoms. The Morgan fingerprint density at radius 3 is 2.38 bits per heavy atom. The summed E-state index contributed by atoms with van der Waals surface area (Å²) in [6, 6.07) is 4.37. The van der Waals surface area contributed by atoms with E-state index in [1.807, 2.05) is 4.90 Å². The lowest BCUT2D eigenvalue weighted by molar-refractivity contribution is -0.384. The maximum absolute atomic E-state index is 12.7. The van der Waals surface area contributed by atoms with Crippen molar-refractivity contribution in [3.05, 3.63) is 33.9 Å². The van der Waals surface area contributed by atoms with Gasteiger partial charge in [-0.3, -0.25) is 14.9 Å². The molecule has 0 spiro atoms. The maximum atomic E-state index is 12.7. The predicted octanol–water partition coefficient (Wildman–Crippen LogP) is 3.04. The number of hydrogen-bond acceptors (Lipinski definition) is 4. The van der Waals surface area contributed by atoms with Gasteiger partial charge in [0.1, 0.15) is 0 Å². The van der Waals surface area contributed by atoms with E-state index >= 15 is 0 Å². The number of carbonyl (C=O) groups is 1. The molecular formula is C15H21N3O3. The van der Waals surface area contributed by atoms with Crippen LogP contribution in [0.3, 0.4) is 0 Å². The molecule has 1 aliphatic rings. The minimum absolute atomic E-state index is 0.0515. The summed E-state index contributed by atoms with van der Waals surface area (Å²) in [5.74, 6) is -0.120. The molecule has 0 radical (unpaired) electrons. The summed E-state index contributed by atoms with van der Waals surface area (Å²) in [4.78, 5) is 24.9. The predicted molar refractivity (Wildman–Crippen MR) is 81.6 cm³/mol. The average Bonchev–Trinajstić information content (AvgIpc) is 2.45. The number of nitrogens with zero attached hydrogens (tertiary/aromatic N) is 2. The third-order valence-electron chi connectivity index (χ3n) is 3.86. The number of nitro benzene ring substituents is 1. The highest BCUT2D eigenvalue weighted by Gasteiger charge is 2.21. The number of carbonyl (C=O) groups excluding carboxylic acids is 1. The number of non-ortho nitro benzene ring substituents is 1. The Balaban J connectivity index is 2.27.